The molecule has 0 aliphatic carbocycles. The Morgan fingerprint density at radius 3 is 1.91 bits per heavy atom. The van der Waals surface area contributed by atoms with Crippen LogP contribution >= 0.6 is 7.82 Å². The molecule has 11 nitrogen and oxygen atoms in total. The van der Waals surface area contributed by atoms with Crippen molar-refractivity contribution >= 4 is 19.8 Å². The van der Waals surface area contributed by atoms with Gasteiger partial charge in [0.05, 0.1) is 32.0 Å². The van der Waals surface area contributed by atoms with Crippen molar-refractivity contribution in [1.29, 1.82) is 0 Å². The van der Waals surface area contributed by atoms with Crippen molar-refractivity contribution in [2.24, 2.45) is 5.92 Å². The number of aliphatic hydroxyl groups excluding tert-OH is 2. The molecule has 3 N–H and O–H groups in total. The minimum absolute atomic E-state index is 0.161. The maximum absolute atomic E-state index is 12.6. The summed E-state index contributed by atoms with van der Waals surface area (Å²) >= 11 is 0. The van der Waals surface area contributed by atoms with Crippen LogP contribution < -0.4 is 0 Å². The molecule has 0 spiro atoms. The SMILES string of the molecule is CCCCC/C=C\CC1OC1C/C=C\C/C=C\CCCC(=O)OC[C@H](COP(=O)(O)OC[C@@H](O)CO)OC(=O)CCCCCCCCCCCCC(C)C. The first-order valence-corrected chi connectivity index (χ1v) is 22.4. The Labute approximate surface area is 326 Å². The summed E-state index contributed by atoms with van der Waals surface area (Å²) in [6, 6.07) is 0. The van der Waals surface area contributed by atoms with E-state index in [2.05, 4.69) is 55.7 Å². The van der Waals surface area contributed by atoms with Crippen LogP contribution in [0.2, 0.25) is 0 Å². The van der Waals surface area contributed by atoms with Crippen LogP contribution in [0.1, 0.15) is 162 Å². The van der Waals surface area contributed by atoms with Gasteiger partial charge in [-0.05, 0) is 57.3 Å². The molecule has 314 valence electrons. The van der Waals surface area contributed by atoms with Crippen molar-refractivity contribution in [2.75, 3.05) is 26.4 Å². The molecule has 0 amide bonds. The van der Waals surface area contributed by atoms with Crippen LogP contribution in [0.3, 0.4) is 0 Å². The van der Waals surface area contributed by atoms with Crippen LogP contribution in [0.25, 0.3) is 0 Å². The molecule has 12 heteroatoms. The van der Waals surface area contributed by atoms with Gasteiger partial charge in [0.2, 0.25) is 0 Å². The van der Waals surface area contributed by atoms with E-state index < -0.39 is 51.8 Å². The van der Waals surface area contributed by atoms with Crippen molar-refractivity contribution in [3.8, 4) is 0 Å². The molecule has 3 unspecified atom stereocenters. The fraction of sp³-hybridized carbons (Fsp3) is 0.810. The van der Waals surface area contributed by atoms with Gasteiger partial charge in [0.1, 0.15) is 12.7 Å². The Morgan fingerprint density at radius 1 is 0.704 bits per heavy atom. The van der Waals surface area contributed by atoms with Gasteiger partial charge in [-0.2, -0.15) is 0 Å². The van der Waals surface area contributed by atoms with Crippen molar-refractivity contribution in [3.05, 3.63) is 36.5 Å². The van der Waals surface area contributed by atoms with E-state index in [1.165, 1.54) is 64.2 Å². The number of aliphatic hydroxyl groups is 2. The summed E-state index contributed by atoms with van der Waals surface area (Å²) in [4.78, 5) is 34.9. The molecule has 5 atom stereocenters. The highest BCUT2D eigenvalue weighted by molar-refractivity contribution is 7.47. The molecule has 0 radical (unpaired) electrons. The summed E-state index contributed by atoms with van der Waals surface area (Å²) < 4.78 is 38.4. The number of hydrogen-bond donors (Lipinski definition) is 3. The molecule has 1 aliphatic heterocycles. The smallest absolute Gasteiger partial charge is 0.462 e. The highest BCUT2D eigenvalue weighted by Crippen LogP contribution is 2.43. The van der Waals surface area contributed by atoms with Gasteiger partial charge in [0, 0.05) is 12.8 Å². The van der Waals surface area contributed by atoms with Crippen molar-refractivity contribution in [3.63, 3.8) is 0 Å². The van der Waals surface area contributed by atoms with Crippen LogP contribution in [0.5, 0.6) is 0 Å². The summed E-state index contributed by atoms with van der Waals surface area (Å²) in [7, 11) is -4.63. The predicted octanol–water partition coefficient (Wildman–Crippen LogP) is 9.62. The van der Waals surface area contributed by atoms with E-state index in [0.717, 1.165) is 50.9 Å². The van der Waals surface area contributed by atoms with Gasteiger partial charge < -0.3 is 29.3 Å². The number of esters is 2. The summed E-state index contributed by atoms with van der Waals surface area (Å²) in [5.74, 6) is -0.216. The second-order valence-corrected chi connectivity index (χ2v) is 16.3. The number of ether oxygens (including phenoxy) is 3. The van der Waals surface area contributed by atoms with E-state index >= 15 is 0 Å². The number of carbonyl (C=O) groups is 2. The monoisotopic (exact) mass is 787 g/mol. The largest absolute Gasteiger partial charge is 0.472 e. The third-order valence-electron chi connectivity index (χ3n) is 9.13. The van der Waals surface area contributed by atoms with Gasteiger partial charge in [-0.1, -0.05) is 134 Å². The fourth-order valence-electron chi connectivity index (χ4n) is 5.74. The summed E-state index contributed by atoms with van der Waals surface area (Å²) in [6.07, 6.45) is 33.0. The quantitative estimate of drug-likeness (QED) is 0.0181. The van der Waals surface area contributed by atoms with Gasteiger partial charge in [0.25, 0.3) is 0 Å². The number of phosphoric ester groups is 1. The van der Waals surface area contributed by atoms with Gasteiger partial charge in [-0.25, -0.2) is 4.57 Å². The lowest BCUT2D eigenvalue weighted by atomic mass is 10.0. The molecule has 1 aliphatic rings. The van der Waals surface area contributed by atoms with Crippen LogP contribution in [0.15, 0.2) is 36.5 Å². The van der Waals surface area contributed by atoms with Crippen LogP contribution in [-0.4, -0.2) is 77.9 Å². The molecule has 0 aromatic rings. The van der Waals surface area contributed by atoms with Gasteiger partial charge in [-0.15, -0.1) is 0 Å². The van der Waals surface area contributed by atoms with Crippen LogP contribution in [0, 0.1) is 5.92 Å². The highest BCUT2D eigenvalue weighted by atomic mass is 31.2. The fourth-order valence-corrected chi connectivity index (χ4v) is 6.53. The third kappa shape index (κ3) is 31.4. The number of carbonyl (C=O) groups excluding carboxylic acids is 2. The van der Waals surface area contributed by atoms with Crippen molar-refractivity contribution in [2.45, 2.75) is 186 Å². The Kier molecular flexibility index (Phi) is 30.9. The molecule has 0 saturated carbocycles. The second kappa shape index (κ2) is 33.3. The molecule has 54 heavy (non-hydrogen) atoms. The van der Waals surface area contributed by atoms with Crippen LogP contribution in [0.4, 0.5) is 0 Å². The third-order valence-corrected chi connectivity index (χ3v) is 10.1. The van der Waals surface area contributed by atoms with E-state index in [4.69, 9.17) is 23.8 Å². The minimum Gasteiger partial charge on any atom is -0.462 e. The first kappa shape index (κ1) is 50.2. The molecule has 1 rings (SSSR count). The predicted molar refractivity (Wildman–Crippen MR) is 214 cm³/mol. The number of hydrogen-bond acceptors (Lipinski definition) is 10. The standard InChI is InChI=1S/C42H75O11P/c1-4-5-6-7-18-23-28-39-40(53-39)29-24-19-14-12-16-20-25-30-41(45)49-34-38(35-51-54(47,48)50-33-37(44)32-43)52-42(46)31-26-21-15-11-9-8-10-13-17-22-27-36(2)3/h12,16,18-19,23-24,36-40,43-44H,4-11,13-15,17,20-22,25-35H2,1-3H3,(H,47,48)/b16-12-,23-18-,24-19-/t37-,38+,39?,40?/m0/s1. The zero-order valence-electron chi connectivity index (χ0n) is 33.8. The average molecular weight is 787 g/mol. The first-order chi connectivity index (χ1) is 26.1. The molecule has 0 aromatic heterocycles. The highest BCUT2D eigenvalue weighted by Gasteiger charge is 2.36. The lowest BCUT2D eigenvalue weighted by Gasteiger charge is -2.20. The molecular formula is C42H75O11P. The summed E-state index contributed by atoms with van der Waals surface area (Å²) in [6.45, 7) is 4.57. The number of allylic oxidation sites excluding steroid dienone is 4. The lowest BCUT2D eigenvalue weighted by molar-refractivity contribution is -0.161. The minimum atomic E-state index is -4.63. The molecular weight excluding hydrogens is 711 g/mol. The van der Waals surface area contributed by atoms with Gasteiger partial charge in [0.15, 0.2) is 6.10 Å². The molecule has 1 saturated heterocycles. The van der Waals surface area contributed by atoms with E-state index in [0.29, 0.717) is 31.5 Å². The molecule has 0 aromatic carbocycles. The molecule has 1 fully saturated rings. The van der Waals surface area contributed by atoms with E-state index in [1.807, 2.05) is 6.08 Å². The maximum Gasteiger partial charge on any atom is 0.472 e. The number of unbranched alkanes of at least 4 members (excludes halogenated alkanes) is 13. The Balaban J connectivity index is 2.30. The van der Waals surface area contributed by atoms with Crippen molar-refractivity contribution in [1.82, 2.24) is 0 Å². The van der Waals surface area contributed by atoms with Crippen LogP contribution in [-0.2, 0) is 37.4 Å². The van der Waals surface area contributed by atoms with E-state index in [-0.39, 0.29) is 19.4 Å². The topological polar surface area (TPSA) is 161 Å². The number of epoxide rings is 1. The number of rotatable bonds is 37. The Bertz CT molecular complexity index is 1080. The lowest BCUT2D eigenvalue weighted by Crippen LogP contribution is -2.29. The van der Waals surface area contributed by atoms with E-state index in [1.54, 1.807) is 0 Å². The van der Waals surface area contributed by atoms with Gasteiger partial charge >= 0.3 is 19.8 Å². The van der Waals surface area contributed by atoms with Gasteiger partial charge in [-0.3, -0.25) is 18.6 Å². The number of phosphoric acid groups is 1. The molecule has 0 bridgehead atoms. The normalized spacial score (nSPS) is 18.1. The zero-order valence-corrected chi connectivity index (χ0v) is 34.7. The molecule has 1 heterocycles. The second-order valence-electron chi connectivity index (χ2n) is 14.9. The first-order valence-electron chi connectivity index (χ1n) is 20.9. The Morgan fingerprint density at radius 2 is 1.26 bits per heavy atom. The van der Waals surface area contributed by atoms with E-state index in [9.17, 15) is 24.2 Å². The maximum atomic E-state index is 12.6. The van der Waals surface area contributed by atoms with Crippen molar-refractivity contribution < 1.29 is 52.5 Å². The Hall–Kier alpha value is -1.85. The summed E-state index contributed by atoms with van der Waals surface area (Å²) in [5, 5.41) is 18.3. The summed E-state index contributed by atoms with van der Waals surface area (Å²) in [5.41, 5.74) is 0. The zero-order chi connectivity index (χ0) is 39.7. The average Bonchev–Trinajstić information content (AvgIpc) is 3.90.